The molecule has 0 saturated heterocycles. The van der Waals surface area contributed by atoms with Gasteiger partial charge in [-0.15, -0.1) is 0 Å². The number of hydrogen-bond acceptors (Lipinski definition) is 3. The maximum absolute atomic E-state index is 6.33. The molecule has 1 rings (SSSR count). The van der Waals surface area contributed by atoms with Gasteiger partial charge in [-0.25, -0.2) is 0 Å². The minimum Gasteiger partial charge on any atom is -0.271 e. The molecule has 0 aliphatic rings. The van der Waals surface area contributed by atoms with Gasteiger partial charge in [0.25, 0.3) is 0 Å². The predicted octanol–water partition coefficient (Wildman–Crippen LogP) is 2.68. The van der Waals surface area contributed by atoms with Crippen molar-refractivity contribution in [1.29, 1.82) is 0 Å². The quantitative estimate of drug-likeness (QED) is 0.593. The average molecular weight is 273 g/mol. The number of nitrogens with one attached hydrogen (secondary N) is 1. The van der Waals surface area contributed by atoms with Gasteiger partial charge < -0.3 is 0 Å². The molecule has 0 saturated carbocycles. The Hall–Kier alpha value is -0.580. The molecule has 0 amide bonds. The molecule has 1 atom stereocenters. The SMILES string of the molecule is CCC(CC)C(Cc1c(Cl)c(C)nn1CC)NN. The number of rotatable bonds is 7. The van der Waals surface area contributed by atoms with Crippen LogP contribution < -0.4 is 11.3 Å². The van der Waals surface area contributed by atoms with Crippen LogP contribution in [0.4, 0.5) is 0 Å². The monoisotopic (exact) mass is 272 g/mol. The van der Waals surface area contributed by atoms with Crippen molar-refractivity contribution in [3.05, 3.63) is 16.4 Å². The second-order valence-electron chi connectivity index (χ2n) is 4.72. The number of nitrogens with two attached hydrogens (primary N) is 1. The molecule has 1 heterocycles. The van der Waals surface area contributed by atoms with Crippen molar-refractivity contribution in [2.24, 2.45) is 11.8 Å². The molecule has 3 N–H and O–H groups in total. The first-order valence-electron chi connectivity index (χ1n) is 6.76. The van der Waals surface area contributed by atoms with E-state index in [0.29, 0.717) is 5.92 Å². The summed E-state index contributed by atoms with van der Waals surface area (Å²) >= 11 is 6.33. The maximum Gasteiger partial charge on any atom is 0.0847 e. The lowest BCUT2D eigenvalue weighted by Gasteiger charge is -2.24. The van der Waals surface area contributed by atoms with Gasteiger partial charge in [0.1, 0.15) is 0 Å². The van der Waals surface area contributed by atoms with Gasteiger partial charge in [0.15, 0.2) is 0 Å². The van der Waals surface area contributed by atoms with Crippen LogP contribution in [0.5, 0.6) is 0 Å². The Labute approximate surface area is 115 Å². The van der Waals surface area contributed by atoms with Crippen molar-refractivity contribution in [2.75, 3.05) is 0 Å². The van der Waals surface area contributed by atoms with E-state index in [1.54, 1.807) is 0 Å². The zero-order chi connectivity index (χ0) is 13.7. The number of hydrazine groups is 1. The Morgan fingerprint density at radius 1 is 1.33 bits per heavy atom. The summed E-state index contributed by atoms with van der Waals surface area (Å²) in [6, 6.07) is 0.249. The first kappa shape index (κ1) is 15.5. The van der Waals surface area contributed by atoms with Crippen molar-refractivity contribution >= 4 is 11.6 Å². The molecule has 104 valence electrons. The maximum atomic E-state index is 6.33. The summed E-state index contributed by atoms with van der Waals surface area (Å²) in [5.74, 6) is 6.26. The number of nitrogens with zero attached hydrogens (tertiary/aromatic N) is 2. The predicted molar refractivity (Wildman–Crippen MR) is 76.5 cm³/mol. The molecule has 0 spiro atoms. The zero-order valence-corrected chi connectivity index (χ0v) is 12.6. The Bertz CT molecular complexity index is 371. The molecule has 4 nitrogen and oxygen atoms in total. The van der Waals surface area contributed by atoms with Crippen molar-refractivity contribution in [2.45, 2.75) is 59.5 Å². The van der Waals surface area contributed by atoms with Crippen LogP contribution in [0.1, 0.15) is 45.0 Å². The van der Waals surface area contributed by atoms with Crippen LogP contribution in [0.2, 0.25) is 5.02 Å². The number of aromatic nitrogens is 2. The third-order valence-electron chi connectivity index (χ3n) is 3.70. The first-order chi connectivity index (χ1) is 8.58. The summed E-state index contributed by atoms with van der Waals surface area (Å²) in [5, 5.41) is 5.22. The Kier molecular flexibility index (Phi) is 6.12. The second kappa shape index (κ2) is 7.12. The molecule has 0 fully saturated rings. The van der Waals surface area contributed by atoms with Crippen LogP contribution >= 0.6 is 11.6 Å². The van der Waals surface area contributed by atoms with E-state index in [1.165, 1.54) is 0 Å². The summed E-state index contributed by atoms with van der Waals surface area (Å²) in [6.07, 6.45) is 3.06. The number of halogens is 1. The minimum atomic E-state index is 0.249. The fourth-order valence-corrected chi connectivity index (χ4v) is 2.70. The first-order valence-corrected chi connectivity index (χ1v) is 7.14. The standard InChI is InChI=1S/C13H25ClN4/c1-5-10(6-2)11(16-15)8-12-13(14)9(4)17-18(12)7-3/h10-11,16H,5-8,15H2,1-4H3. The molecule has 18 heavy (non-hydrogen) atoms. The summed E-state index contributed by atoms with van der Waals surface area (Å²) < 4.78 is 1.98. The largest absolute Gasteiger partial charge is 0.271 e. The Balaban J connectivity index is 2.93. The van der Waals surface area contributed by atoms with Gasteiger partial charge in [0.05, 0.1) is 16.4 Å². The summed E-state index contributed by atoms with van der Waals surface area (Å²) in [5.41, 5.74) is 4.93. The van der Waals surface area contributed by atoms with Gasteiger partial charge in [0.2, 0.25) is 0 Å². The highest BCUT2D eigenvalue weighted by molar-refractivity contribution is 6.31. The van der Waals surface area contributed by atoms with Crippen LogP contribution in [-0.4, -0.2) is 15.8 Å². The smallest absolute Gasteiger partial charge is 0.0847 e. The lowest BCUT2D eigenvalue weighted by molar-refractivity contribution is 0.330. The molecule has 0 bridgehead atoms. The normalized spacial score (nSPS) is 13.3. The van der Waals surface area contributed by atoms with Crippen molar-refractivity contribution in [1.82, 2.24) is 15.2 Å². The van der Waals surface area contributed by atoms with E-state index in [4.69, 9.17) is 17.4 Å². The summed E-state index contributed by atoms with van der Waals surface area (Å²) in [4.78, 5) is 0. The number of aryl methyl sites for hydroxylation is 2. The average Bonchev–Trinajstić information content (AvgIpc) is 2.66. The number of hydrogen-bond donors (Lipinski definition) is 2. The van der Waals surface area contributed by atoms with Crippen LogP contribution in [0.15, 0.2) is 0 Å². The molecule has 0 aliphatic carbocycles. The molecule has 1 unspecified atom stereocenters. The van der Waals surface area contributed by atoms with E-state index in [2.05, 4.69) is 31.3 Å². The third-order valence-corrected chi connectivity index (χ3v) is 4.19. The fraction of sp³-hybridized carbons (Fsp3) is 0.769. The van der Waals surface area contributed by atoms with Crippen molar-refractivity contribution in [3.8, 4) is 0 Å². The van der Waals surface area contributed by atoms with E-state index >= 15 is 0 Å². The van der Waals surface area contributed by atoms with E-state index < -0.39 is 0 Å². The zero-order valence-electron chi connectivity index (χ0n) is 11.8. The van der Waals surface area contributed by atoms with Gasteiger partial charge in [-0.2, -0.15) is 5.10 Å². The Morgan fingerprint density at radius 3 is 2.39 bits per heavy atom. The molecule has 5 heteroatoms. The lowest BCUT2D eigenvalue weighted by atomic mass is 9.91. The minimum absolute atomic E-state index is 0.249. The van der Waals surface area contributed by atoms with Gasteiger partial charge in [-0.05, 0) is 19.8 Å². The van der Waals surface area contributed by atoms with Gasteiger partial charge in [0, 0.05) is 19.0 Å². The second-order valence-corrected chi connectivity index (χ2v) is 5.09. The van der Waals surface area contributed by atoms with Gasteiger partial charge in [-0.3, -0.25) is 16.0 Å². The van der Waals surface area contributed by atoms with Crippen molar-refractivity contribution < 1.29 is 0 Å². The van der Waals surface area contributed by atoms with Crippen molar-refractivity contribution in [3.63, 3.8) is 0 Å². The van der Waals surface area contributed by atoms with E-state index in [-0.39, 0.29) is 6.04 Å². The van der Waals surface area contributed by atoms with Gasteiger partial charge in [-0.1, -0.05) is 38.3 Å². The van der Waals surface area contributed by atoms with E-state index in [1.807, 2.05) is 11.6 Å². The van der Waals surface area contributed by atoms with Crippen LogP contribution in [0, 0.1) is 12.8 Å². The topological polar surface area (TPSA) is 55.9 Å². The molecule has 0 aliphatic heterocycles. The molecule has 1 aromatic rings. The highest BCUT2D eigenvalue weighted by Crippen LogP contribution is 2.24. The molecule has 0 aromatic carbocycles. The highest BCUT2D eigenvalue weighted by atomic mass is 35.5. The summed E-state index contributed by atoms with van der Waals surface area (Å²) in [6.45, 7) is 9.25. The molecule has 0 radical (unpaired) electrons. The van der Waals surface area contributed by atoms with Gasteiger partial charge >= 0.3 is 0 Å². The highest BCUT2D eigenvalue weighted by Gasteiger charge is 2.22. The molecule has 1 aromatic heterocycles. The van der Waals surface area contributed by atoms with Crippen LogP contribution in [0.3, 0.4) is 0 Å². The van der Waals surface area contributed by atoms with Crippen LogP contribution in [-0.2, 0) is 13.0 Å². The van der Waals surface area contributed by atoms with E-state index in [9.17, 15) is 0 Å². The van der Waals surface area contributed by atoms with Crippen LogP contribution in [0.25, 0.3) is 0 Å². The fourth-order valence-electron chi connectivity index (χ4n) is 2.49. The Morgan fingerprint density at radius 2 is 1.94 bits per heavy atom. The van der Waals surface area contributed by atoms with E-state index in [0.717, 1.165) is 42.2 Å². The third kappa shape index (κ3) is 3.25. The molecular weight excluding hydrogens is 248 g/mol. The summed E-state index contributed by atoms with van der Waals surface area (Å²) in [7, 11) is 0. The lowest BCUT2D eigenvalue weighted by Crippen LogP contribution is -2.42. The molecular formula is C13H25ClN4.